The number of nitriles is 1. The third-order valence-corrected chi connectivity index (χ3v) is 4.95. The smallest absolute Gasteiger partial charge is 0.101 e. The van der Waals surface area contributed by atoms with E-state index in [-0.39, 0.29) is 5.54 Å². The molecule has 1 aliphatic carbocycles. The monoisotopic (exact) mass is 269 g/mol. The molecule has 0 aromatic heterocycles. The van der Waals surface area contributed by atoms with Crippen molar-refractivity contribution >= 4 is 5.69 Å². The molecule has 0 amide bonds. The second-order valence-electron chi connectivity index (χ2n) is 6.20. The number of hydrogen-bond donors (Lipinski definition) is 1. The third-order valence-electron chi connectivity index (χ3n) is 4.95. The zero-order chi connectivity index (χ0) is 14.0. The summed E-state index contributed by atoms with van der Waals surface area (Å²) in [5.41, 5.74) is 3.47. The maximum atomic E-state index is 9.47. The second-order valence-corrected chi connectivity index (χ2v) is 6.20. The molecule has 1 aliphatic heterocycles. The first-order valence-corrected chi connectivity index (χ1v) is 7.75. The van der Waals surface area contributed by atoms with Gasteiger partial charge in [-0.25, -0.2) is 0 Å². The fourth-order valence-electron chi connectivity index (χ4n) is 3.96. The minimum absolute atomic E-state index is 0.230. The summed E-state index contributed by atoms with van der Waals surface area (Å²) in [5, 5.41) is 13.0. The second kappa shape index (κ2) is 5.46. The molecule has 0 atom stereocenters. The molecular formula is C17H23N3. The number of nitrogens with zero attached hydrogens (tertiary/aromatic N) is 2. The normalized spacial score (nSPS) is 21.7. The van der Waals surface area contributed by atoms with E-state index in [1.54, 1.807) is 0 Å². The summed E-state index contributed by atoms with van der Waals surface area (Å²) in [6.45, 7) is 5.22. The van der Waals surface area contributed by atoms with Gasteiger partial charge in [-0.3, -0.25) is 0 Å². The Balaban J connectivity index is 2.04. The molecule has 3 nitrogen and oxygen atoms in total. The molecule has 106 valence electrons. The number of nitrogens with one attached hydrogen (secondary N) is 1. The third kappa shape index (κ3) is 2.19. The van der Waals surface area contributed by atoms with Crippen LogP contribution in [0.5, 0.6) is 0 Å². The fourth-order valence-corrected chi connectivity index (χ4v) is 3.96. The lowest BCUT2D eigenvalue weighted by molar-refractivity contribution is 0.241. The summed E-state index contributed by atoms with van der Waals surface area (Å²) in [5.74, 6) is 0. The summed E-state index contributed by atoms with van der Waals surface area (Å²) in [6.07, 6.45) is 6.48. The SMILES string of the molecule is Cc1cccc(C#N)c1N1CCNCC12CCCCC2. The first-order valence-electron chi connectivity index (χ1n) is 7.75. The molecule has 1 aromatic carbocycles. The van der Waals surface area contributed by atoms with Crippen LogP contribution in [0.1, 0.15) is 43.2 Å². The highest BCUT2D eigenvalue weighted by Gasteiger charge is 2.40. The van der Waals surface area contributed by atoms with E-state index in [2.05, 4.69) is 29.3 Å². The molecule has 1 aromatic rings. The van der Waals surface area contributed by atoms with E-state index >= 15 is 0 Å². The van der Waals surface area contributed by atoms with E-state index in [0.717, 1.165) is 25.2 Å². The molecule has 1 saturated carbocycles. The van der Waals surface area contributed by atoms with Gasteiger partial charge in [-0.15, -0.1) is 0 Å². The molecule has 3 heteroatoms. The van der Waals surface area contributed by atoms with Gasteiger partial charge in [0.2, 0.25) is 0 Å². The predicted octanol–water partition coefficient (Wildman–Crippen LogP) is 2.98. The van der Waals surface area contributed by atoms with Crippen molar-refractivity contribution in [3.05, 3.63) is 29.3 Å². The van der Waals surface area contributed by atoms with E-state index in [1.807, 2.05) is 12.1 Å². The van der Waals surface area contributed by atoms with Crippen molar-refractivity contribution in [1.29, 1.82) is 5.26 Å². The molecule has 1 N–H and O–H groups in total. The predicted molar refractivity (Wildman–Crippen MR) is 81.9 cm³/mol. The van der Waals surface area contributed by atoms with Gasteiger partial charge in [-0.1, -0.05) is 31.4 Å². The summed E-state index contributed by atoms with van der Waals surface area (Å²) in [4.78, 5) is 2.55. The van der Waals surface area contributed by atoms with Crippen LogP contribution in [0.3, 0.4) is 0 Å². The number of piperazine rings is 1. The molecule has 20 heavy (non-hydrogen) atoms. The first-order chi connectivity index (χ1) is 9.77. The van der Waals surface area contributed by atoms with Crippen molar-refractivity contribution in [2.24, 2.45) is 0 Å². The maximum Gasteiger partial charge on any atom is 0.101 e. The van der Waals surface area contributed by atoms with E-state index in [4.69, 9.17) is 0 Å². The van der Waals surface area contributed by atoms with Crippen LogP contribution in [0.4, 0.5) is 5.69 Å². The number of rotatable bonds is 1. The van der Waals surface area contributed by atoms with E-state index in [0.29, 0.717) is 0 Å². The maximum absolute atomic E-state index is 9.47. The molecule has 2 fully saturated rings. The zero-order valence-corrected chi connectivity index (χ0v) is 12.3. The lowest BCUT2D eigenvalue weighted by Crippen LogP contribution is -2.62. The topological polar surface area (TPSA) is 39.1 Å². The summed E-state index contributed by atoms with van der Waals surface area (Å²) >= 11 is 0. The fraction of sp³-hybridized carbons (Fsp3) is 0.588. The Morgan fingerprint density at radius 3 is 2.80 bits per heavy atom. The van der Waals surface area contributed by atoms with Crippen LogP contribution in [0.2, 0.25) is 0 Å². The lowest BCUT2D eigenvalue weighted by atomic mass is 9.78. The zero-order valence-electron chi connectivity index (χ0n) is 12.3. The lowest BCUT2D eigenvalue weighted by Gasteiger charge is -2.51. The van der Waals surface area contributed by atoms with Crippen LogP contribution >= 0.6 is 0 Å². The summed E-state index contributed by atoms with van der Waals surface area (Å²) in [6, 6.07) is 8.48. The van der Waals surface area contributed by atoms with Crippen molar-refractivity contribution in [2.75, 3.05) is 24.5 Å². The van der Waals surface area contributed by atoms with Crippen LogP contribution in [0.25, 0.3) is 0 Å². The van der Waals surface area contributed by atoms with Gasteiger partial charge in [-0.2, -0.15) is 5.26 Å². The van der Waals surface area contributed by atoms with Crippen LogP contribution < -0.4 is 10.2 Å². The van der Waals surface area contributed by atoms with Crippen molar-refractivity contribution in [1.82, 2.24) is 5.32 Å². The number of aryl methyl sites for hydroxylation is 1. The van der Waals surface area contributed by atoms with Crippen LogP contribution in [0.15, 0.2) is 18.2 Å². The first kappa shape index (κ1) is 13.5. The molecule has 0 unspecified atom stereocenters. The summed E-state index contributed by atoms with van der Waals surface area (Å²) in [7, 11) is 0. The minimum atomic E-state index is 0.230. The molecule has 2 aliphatic rings. The number of hydrogen-bond acceptors (Lipinski definition) is 3. The van der Waals surface area contributed by atoms with Crippen molar-refractivity contribution in [3.8, 4) is 6.07 Å². The molecule has 3 rings (SSSR count). The van der Waals surface area contributed by atoms with E-state index < -0.39 is 0 Å². The molecule has 0 bridgehead atoms. The Kier molecular flexibility index (Phi) is 3.67. The van der Waals surface area contributed by atoms with Crippen LogP contribution in [0, 0.1) is 18.3 Å². The molecule has 1 spiro atoms. The van der Waals surface area contributed by atoms with Gasteiger partial charge in [0.25, 0.3) is 0 Å². The highest BCUT2D eigenvalue weighted by Crippen LogP contribution is 2.40. The Labute approximate surface area is 121 Å². The van der Waals surface area contributed by atoms with Gasteiger partial charge in [0, 0.05) is 19.6 Å². The van der Waals surface area contributed by atoms with Crippen molar-refractivity contribution in [3.63, 3.8) is 0 Å². The van der Waals surface area contributed by atoms with Crippen LogP contribution in [-0.2, 0) is 0 Å². The Hall–Kier alpha value is -1.53. The molecule has 1 saturated heterocycles. The molecule has 1 heterocycles. The average Bonchev–Trinajstić information content (AvgIpc) is 2.49. The summed E-state index contributed by atoms with van der Waals surface area (Å²) < 4.78 is 0. The van der Waals surface area contributed by atoms with Crippen molar-refractivity contribution < 1.29 is 0 Å². The highest BCUT2D eigenvalue weighted by molar-refractivity contribution is 5.66. The Morgan fingerprint density at radius 1 is 1.25 bits per heavy atom. The van der Waals surface area contributed by atoms with Gasteiger partial charge in [0.1, 0.15) is 6.07 Å². The molecular weight excluding hydrogens is 246 g/mol. The minimum Gasteiger partial charge on any atom is -0.362 e. The average molecular weight is 269 g/mol. The van der Waals surface area contributed by atoms with Gasteiger partial charge < -0.3 is 10.2 Å². The number of anilines is 1. The van der Waals surface area contributed by atoms with E-state index in [1.165, 1.54) is 43.4 Å². The Bertz CT molecular complexity index is 515. The highest BCUT2D eigenvalue weighted by atomic mass is 15.3. The van der Waals surface area contributed by atoms with Gasteiger partial charge in [0.05, 0.1) is 16.8 Å². The number of para-hydroxylation sites is 1. The quantitative estimate of drug-likeness (QED) is 0.852. The van der Waals surface area contributed by atoms with E-state index in [9.17, 15) is 5.26 Å². The van der Waals surface area contributed by atoms with Crippen molar-refractivity contribution in [2.45, 2.75) is 44.6 Å². The largest absolute Gasteiger partial charge is 0.362 e. The Morgan fingerprint density at radius 2 is 2.05 bits per heavy atom. The van der Waals surface area contributed by atoms with Gasteiger partial charge >= 0.3 is 0 Å². The number of benzene rings is 1. The van der Waals surface area contributed by atoms with Crippen LogP contribution in [-0.4, -0.2) is 25.2 Å². The van der Waals surface area contributed by atoms with Gasteiger partial charge in [0.15, 0.2) is 0 Å². The standard InChI is InChI=1S/C17H23N3/c1-14-6-5-7-15(12-18)16(14)20-11-10-19-13-17(20)8-3-2-4-9-17/h5-7,19H,2-4,8-11,13H2,1H3. The molecule has 0 radical (unpaired) electrons. The van der Waals surface area contributed by atoms with Gasteiger partial charge in [-0.05, 0) is 31.4 Å².